The molecule has 8 heavy (non-hydrogen) atoms. The van der Waals surface area contributed by atoms with E-state index < -0.39 is 9.76 Å². The molecule has 0 saturated carbocycles. The van der Waals surface area contributed by atoms with Crippen LogP contribution < -0.4 is 0 Å². The summed E-state index contributed by atoms with van der Waals surface area (Å²) in [6.07, 6.45) is 0. The first-order valence-corrected chi connectivity index (χ1v) is 4.45. The summed E-state index contributed by atoms with van der Waals surface area (Å²) < 4.78 is 9.16. The van der Waals surface area contributed by atoms with Gasteiger partial charge in [0.15, 0.2) is 0 Å². The van der Waals surface area contributed by atoms with Gasteiger partial charge in [0, 0.05) is 7.11 Å². The predicted octanol–water partition coefficient (Wildman–Crippen LogP) is -0.692. The summed E-state index contributed by atoms with van der Waals surface area (Å²) in [5.74, 6) is -0.248. The molecule has 0 amide bonds. The number of carbonyl (C=O) groups is 1. The lowest BCUT2D eigenvalue weighted by Gasteiger charge is -1.97. The van der Waals surface area contributed by atoms with E-state index >= 15 is 0 Å². The van der Waals surface area contributed by atoms with Crippen LogP contribution in [0, 0.1) is 0 Å². The van der Waals surface area contributed by atoms with E-state index in [1.165, 1.54) is 7.11 Å². The molecule has 0 aromatic heterocycles. The molecule has 0 heterocycles. The molecule has 0 saturated heterocycles. The van der Waals surface area contributed by atoms with Gasteiger partial charge in [0.1, 0.15) is 6.61 Å². The molecule has 0 fully saturated rings. The van der Waals surface area contributed by atoms with Gasteiger partial charge in [0.25, 0.3) is 0 Å². The Morgan fingerprint density at radius 3 is 2.75 bits per heavy atom. The van der Waals surface area contributed by atoms with Crippen molar-refractivity contribution in [3.05, 3.63) is 0 Å². The van der Waals surface area contributed by atoms with Crippen molar-refractivity contribution in [1.29, 1.82) is 0 Å². The molecule has 48 valence electrons. The van der Waals surface area contributed by atoms with Crippen LogP contribution >= 0.6 is 0 Å². The van der Waals surface area contributed by atoms with Crippen LogP contribution in [0.25, 0.3) is 0 Å². The molecule has 0 aromatic carbocycles. The second-order valence-electron chi connectivity index (χ2n) is 1.24. The van der Waals surface area contributed by atoms with Crippen LogP contribution in [0.5, 0.6) is 0 Å². The molecule has 0 atom stereocenters. The van der Waals surface area contributed by atoms with Crippen molar-refractivity contribution in [2.24, 2.45) is 0 Å². The maximum absolute atomic E-state index is 10.3. The summed E-state index contributed by atoms with van der Waals surface area (Å²) in [5.41, 5.74) is 0. The molecule has 0 radical (unpaired) electrons. The van der Waals surface area contributed by atoms with E-state index in [0.717, 1.165) is 0 Å². The van der Waals surface area contributed by atoms with E-state index in [0.29, 0.717) is 0 Å². The van der Waals surface area contributed by atoms with Crippen LogP contribution in [0.3, 0.4) is 0 Å². The molecule has 0 N–H and O–H groups in total. The molecule has 0 bridgehead atoms. The van der Waals surface area contributed by atoms with Gasteiger partial charge in [-0.2, -0.15) is 0 Å². The topological polar surface area (TPSA) is 35.5 Å². The van der Waals surface area contributed by atoms with E-state index in [1.54, 1.807) is 0 Å². The van der Waals surface area contributed by atoms with Gasteiger partial charge in [0.05, 0.1) is 0 Å². The largest absolute Gasteiger partial charge is 0.524 e. The SMILES string of the molecule is COCC(=O)O[SiH2]C. The van der Waals surface area contributed by atoms with Gasteiger partial charge in [-0.05, 0) is 6.55 Å². The molecule has 0 spiro atoms. The zero-order valence-electron chi connectivity index (χ0n) is 5.14. The quantitative estimate of drug-likeness (QED) is 0.479. The second-order valence-corrected chi connectivity index (χ2v) is 2.10. The van der Waals surface area contributed by atoms with E-state index in [4.69, 9.17) is 0 Å². The Morgan fingerprint density at radius 1 is 1.75 bits per heavy atom. The molecule has 0 aliphatic heterocycles. The molecule has 0 rings (SSSR count). The zero-order valence-corrected chi connectivity index (χ0v) is 6.55. The summed E-state index contributed by atoms with van der Waals surface area (Å²) in [5, 5.41) is 0. The molecule has 3 nitrogen and oxygen atoms in total. The van der Waals surface area contributed by atoms with Gasteiger partial charge >= 0.3 is 5.97 Å². The third-order valence-electron chi connectivity index (χ3n) is 0.568. The minimum atomic E-state index is -0.583. The summed E-state index contributed by atoms with van der Waals surface area (Å²) in [7, 11) is 0.887. The highest BCUT2D eigenvalue weighted by Crippen LogP contribution is 1.74. The van der Waals surface area contributed by atoms with Gasteiger partial charge in [-0.3, -0.25) is 4.79 Å². The summed E-state index contributed by atoms with van der Waals surface area (Å²) in [6.45, 7) is 1.98. The molecule has 0 unspecified atom stereocenters. The summed E-state index contributed by atoms with van der Waals surface area (Å²) in [6, 6.07) is 0. The van der Waals surface area contributed by atoms with E-state index in [-0.39, 0.29) is 12.6 Å². The van der Waals surface area contributed by atoms with Crippen LogP contribution in [0.1, 0.15) is 0 Å². The minimum Gasteiger partial charge on any atom is -0.524 e. The van der Waals surface area contributed by atoms with Crippen LogP contribution in [-0.2, 0) is 14.0 Å². The molecular weight excluding hydrogens is 124 g/mol. The van der Waals surface area contributed by atoms with E-state index in [1.807, 2.05) is 6.55 Å². The molecule has 0 aliphatic carbocycles. The lowest BCUT2D eigenvalue weighted by Crippen LogP contribution is -2.11. The average Bonchev–Trinajstić information content (AvgIpc) is 1.68. The van der Waals surface area contributed by atoms with Crippen molar-refractivity contribution in [2.75, 3.05) is 13.7 Å². The highest BCUT2D eigenvalue weighted by atomic mass is 28.2. The Bertz CT molecular complexity index is 65.7. The number of methoxy groups -OCH3 is 1. The molecular formula is C4H10O3Si. The fraction of sp³-hybridized carbons (Fsp3) is 0.750. The van der Waals surface area contributed by atoms with Gasteiger partial charge in [-0.15, -0.1) is 0 Å². The maximum Gasteiger partial charge on any atom is 0.318 e. The summed E-state index contributed by atoms with van der Waals surface area (Å²) >= 11 is 0. The van der Waals surface area contributed by atoms with Crippen molar-refractivity contribution in [2.45, 2.75) is 6.55 Å². The second kappa shape index (κ2) is 4.80. The van der Waals surface area contributed by atoms with Crippen LogP contribution in [0.2, 0.25) is 6.55 Å². The Morgan fingerprint density at radius 2 is 2.38 bits per heavy atom. The molecule has 0 aromatic rings. The van der Waals surface area contributed by atoms with Crippen molar-refractivity contribution in [1.82, 2.24) is 0 Å². The maximum atomic E-state index is 10.3. The number of ether oxygens (including phenoxy) is 1. The lowest BCUT2D eigenvalue weighted by molar-refractivity contribution is -0.138. The fourth-order valence-corrected chi connectivity index (χ4v) is 0.726. The highest BCUT2D eigenvalue weighted by Gasteiger charge is 1.95. The smallest absolute Gasteiger partial charge is 0.318 e. The van der Waals surface area contributed by atoms with Crippen molar-refractivity contribution < 1.29 is 14.0 Å². The van der Waals surface area contributed by atoms with Gasteiger partial charge in [0.2, 0.25) is 9.76 Å². The number of hydrogen-bond donors (Lipinski definition) is 0. The van der Waals surface area contributed by atoms with Gasteiger partial charge in [-0.1, -0.05) is 0 Å². The van der Waals surface area contributed by atoms with Gasteiger partial charge in [-0.25, -0.2) is 0 Å². The van der Waals surface area contributed by atoms with Crippen LogP contribution in [0.15, 0.2) is 0 Å². The predicted molar refractivity (Wildman–Crippen MR) is 32.4 cm³/mol. The van der Waals surface area contributed by atoms with E-state index in [9.17, 15) is 4.79 Å². The zero-order chi connectivity index (χ0) is 6.41. The molecule has 0 aliphatic rings. The first-order valence-electron chi connectivity index (χ1n) is 2.45. The first kappa shape index (κ1) is 7.65. The Hall–Kier alpha value is -0.353. The Labute approximate surface area is 50.9 Å². The third kappa shape index (κ3) is 3.82. The van der Waals surface area contributed by atoms with Crippen LogP contribution in [0.4, 0.5) is 0 Å². The molecule has 4 heteroatoms. The third-order valence-corrected chi connectivity index (χ3v) is 1.18. The van der Waals surface area contributed by atoms with E-state index in [2.05, 4.69) is 9.16 Å². The Kier molecular flexibility index (Phi) is 4.59. The first-order chi connectivity index (χ1) is 3.81. The average molecular weight is 134 g/mol. The van der Waals surface area contributed by atoms with Crippen molar-refractivity contribution in [3.63, 3.8) is 0 Å². The number of hydrogen-bond acceptors (Lipinski definition) is 3. The van der Waals surface area contributed by atoms with Crippen molar-refractivity contribution in [3.8, 4) is 0 Å². The minimum absolute atomic E-state index is 0.0842. The standard InChI is InChI=1S/C4H10O3Si/c1-6-3-4(5)7-8-2/h3,8H2,1-2H3. The van der Waals surface area contributed by atoms with Gasteiger partial charge < -0.3 is 9.16 Å². The van der Waals surface area contributed by atoms with Crippen LogP contribution in [-0.4, -0.2) is 29.4 Å². The highest BCUT2D eigenvalue weighted by molar-refractivity contribution is 6.28. The normalized spacial score (nSPS) is 10.2. The monoisotopic (exact) mass is 134 g/mol. The summed E-state index contributed by atoms with van der Waals surface area (Å²) in [4.78, 5) is 10.3. The number of rotatable bonds is 3. The fourth-order valence-electron chi connectivity index (χ4n) is 0.321. The lowest BCUT2D eigenvalue weighted by atomic mass is 10.8. The van der Waals surface area contributed by atoms with Crippen molar-refractivity contribution >= 4 is 15.7 Å². The Balaban J connectivity index is 3.06. The number of carbonyl (C=O) groups excluding carboxylic acids is 1.